The first-order valence-corrected chi connectivity index (χ1v) is 14.0. The Kier molecular flexibility index (Phi) is 6.19. The molecular weight excluding hydrogens is 500 g/mol. The van der Waals surface area contributed by atoms with E-state index in [1.165, 1.54) is 4.90 Å². The Morgan fingerprint density at radius 3 is 2.38 bits per heavy atom. The molecule has 1 aromatic carbocycles. The van der Waals surface area contributed by atoms with Gasteiger partial charge in [0.1, 0.15) is 11.6 Å². The molecule has 2 aliphatic heterocycles. The Morgan fingerprint density at radius 2 is 1.77 bits per heavy atom. The van der Waals surface area contributed by atoms with Crippen molar-refractivity contribution in [2.45, 2.75) is 114 Å². The van der Waals surface area contributed by atoms with Gasteiger partial charge in [0.15, 0.2) is 0 Å². The van der Waals surface area contributed by atoms with Crippen LogP contribution in [0.25, 0.3) is 0 Å². The number of carbonyl (C=O) groups excluding carboxylic acids is 2. The summed E-state index contributed by atoms with van der Waals surface area (Å²) in [4.78, 5) is 29.5. The first kappa shape index (κ1) is 21.1. The maximum absolute atomic E-state index is 13.8. The number of halogens is 2. The lowest BCUT2D eigenvalue weighted by Crippen LogP contribution is -2.46. The lowest BCUT2D eigenvalue weighted by atomic mass is 9.85. The smallest absolute Gasteiger partial charge is 0.248 e. The van der Waals surface area contributed by atoms with Crippen LogP contribution in [0.2, 0.25) is 0 Å². The quantitative estimate of drug-likeness (QED) is 0.370. The van der Waals surface area contributed by atoms with Gasteiger partial charge in [0.05, 0.1) is 6.04 Å². The van der Waals surface area contributed by atoms with Gasteiger partial charge in [-0.1, -0.05) is 44.0 Å². The molecule has 0 spiro atoms. The first-order chi connectivity index (χ1) is 21.1. The highest BCUT2D eigenvalue weighted by atomic mass is 19.3. The highest BCUT2D eigenvalue weighted by Gasteiger charge is 2.43. The summed E-state index contributed by atoms with van der Waals surface area (Å²) in [5.41, 5.74) is 0.798. The van der Waals surface area contributed by atoms with E-state index < -0.39 is 43.4 Å². The van der Waals surface area contributed by atoms with Gasteiger partial charge in [0.25, 0.3) is 0 Å². The number of amides is 2. The van der Waals surface area contributed by atoms with Gasteiger partial charge in [-0.15, -0.1) is 10.2 Å². The molecule has 0 radical (unpaired) electrons. The molecule has 0 N–H and O–H groups in total. The van der Waals surface area contributed by atoms with Crippen LogP contribution in [0.5, 0.6) is 0 Å². The molecule has 2 unspecified atom stereocenters. The van der Waals surface area contributed by atoms with E-state index in [0.29, 0.717) is 38.0 Å². The van der Waals surface area contributed by atoms with Gasteiger partial charge in [0.2, 0.25) is 18.2 Å². The molecule has 39 heavy (non-hydrogen) atoms. The topological polar surface area (TPSA) is 71.3 Å². The normalized spacial score (nSPS) is 29.0. The monoisotopic (exact) mass is 547 g/mol. The van der Waals surface area contributed by atoms with E-state index in [1.54, 1.807) is 11.5 Å². The number of hydrogen-bond acceptors (Lipinski definition) is 5. The summed E-state index contributed by atoms with van der Waals surface area (Å²) >= 11 is 0. The summed E-state index contributed by atoms with van der Waals surface area (Å²) in [6.45, 7) is -3.27. The predicted octanol–water partition coefficient (Wildman–Crippen LogP) is 5.82. The van der Waals surface area contributed by atoms with E-state index in [9.17, 15) is 18.4 Å². The predicted molar refractivity (Wildman–Crippen MR) is 144 cm³/mol. The van der Waals surface area contributed by atoms with Crippen LogP contribution in [0.1, 0.15) is 115 Å². The zero-order valence-electron chi connectivity index (χ0n) is 28.3. The molecule has 1 saturated carbocycles. The second kappa shape index (κ2) is 11.4. The van der Waals surface area contributed by atoms with Gasteiger partial charge in [-0.25, -0.2) is 8.78 Å². The Morgan fingerprint density at radius 1 is 1.10 bits per heavy atom. The van der Waals surface area contributed by atoms with Crippen molar-refractivity contribution in [3.8, 4) is 0 Å². The van der Waals surface area contributed by atoms with Gasteiger partial charge < -0.3 is 4.57 Å². The Hall–Kier alpha value is -2.68. The largest absolute Gasteiger partial charge is 0.312 e. The van der Waals surface area contributed by atoms with Gasteiger partial charge in [0, 0.05) is 57.6 Å². The van der Waals surface area contributed by atoms with Gasteiger partial charge in [-0.3, -0.25) is 19.4 Å². The lowest BCUT2D eigenvalue weighted by Gasteiger charge is -2.41. The van der Waals surface area contributed by atoms with Gasteiger partial charge in [-0.05, 0) is 57.4 Å². The van der Waals surface area contributed by atoms with E-state index in [0.717, 1.165) is 18.4 Å². The van der Waals surface area contributed by atoms with Crippen LogP contribution in [-0.4, -0.2) is 61.4 Å². The molecule has 3 fully saturated rings. The van der Waals surface area contributed by atoms with Crippen LogP contribution in [-0.2, 0) is 9.59 Å². The molecule has 2 bridgehead atoms. The molecule has 7 nitrogen and oxygen atoms in total. The molecule has 1 aliphatic carbocycles. The fourth-order valence-corrected chi connectivity index (χ4v) is 7.05. The zero-order valence-corrected chi connectivity index (χ0v) is 22.3. The Bertz CT molecular complexity index is 1320. The third kappa shape index (κ3) is 5.79. The molecule has 2 aromatic rings. The molecule has 5 rings (SSSR count). The summed E-state index contributed by atoms with van der Waals surface area (Å²) in [6, 6.07) is 8.81. The SMILES string of the molecule is [2H]C([2H])([2H])C(c1nnc(C)n1C1CC2CCC(C1)N2CC[C@@H](c1ccccc1)N(C=O)C(=O)C1CCC(F)(F)CC1)C([2H])([2H])[2H]. The van der Waals surface area contributed by atoms with Crippen molar-refractivity contribution in [1.29, 1.82) is 0 Å². The number of hydrogen-bond donors (Lipinski definition) is 0. The van der Waals surface area contributed by atoms with E-state index >= 15 is 0 Å². The Balaban J connectivity index is 1.33. The summed E-state index contributed by atoms with van der Waals surface area (Å²) in [7, 11) is 0. The molecular formula is C30H41F2N5O2. The molecule has 2 amide bonds. The van der Waals surface area contributed by atoms with Crippen LogP contribution in [0.15, 0.2) is 30.3 Å². The summed E-state index contributed by atoms with van der Waals surface area (Å²) in [5.74, 6) is -5.12. The van der Waals surface area contributed by atoms with Gasteiger partial charge >= 0.3 is 0 Å². The average Bonchev–Trinajstić information content (AvgIpc) is 3.43. The van der Waals surface area contributed by atoms with Crippen molar-refractivity contribution in [1.82, 2.24) is 24.6 Å². The molecule has 2 saturated heterocycles. The maximum Gasteiger partial charge on any atom is 0.248 e. The van der Waals surface area contributed by atoms with Crippen molar-refractivity contribution in [3.63, 3.8) is 0 Å². The first-order valence-electron chi connectivity index (χ1n) is 17.0. The van der Waals surface area contributed by atoms with Crippen molar-refractivity contribution >= 4 is 12.3 Å². The van der Waals surface area contributed by atoms with Crippen LogP contribution < -0.4 is 0 Å². The number of aromatic nitrogens is 3. The number of nitrogens with zero attached hydrogens (tertiary/aromatic N) is 5. The number of alkyl halides is 2. The van der Waals surface area contributed by atoms with E-state index in [4.69, 9.17) is 8.22 Å². The fourth-order valence-electron chi connectivity index (χ4n) is 7.05. The fraction of sp³-hybridized carbons (Fsp3) is 0.667. The van der Waals surface area contributed by atoms with Crippen molar-refractivity contribution < 1.29 is 26.6 Å². The minimum atomic E-state index is -2.78. The maximum atomic E-state index is 13.8. The number of aryl methyl sites for hydroxylation is 1. The molecule has 212 valence electrons. The molecule has 9 heteroatoms. The number of benzene rings is 1. The van der Waals surface area contributed by atoms with E-state index in [1.807, 2.05) is 30.3 Å². The summed E-state index contributed by atoms with van der Waals surface area (Å²) in [5, 5.41) is 8.17. The molecule has 3 atom stereocenters. The number of rotatable bonds is 9. The molecule has 3 heterocycles. The summed E-state index contributed by atoms with van der Waals surface area (Å²) in [6.07, 6.45) is 3.48. The van der Waals surface area contributed by atoms with Crippen LogP contribution in [0.4, 0.5) is 8.78 Å². The zero-order chi connectivity index (χ0) is 32.7. The minimum Gasteiger partial charge on any atom is -0.312 e. The van der Waals surface area contributed by atoms with Crippen molar-refractivity contribution in [3.05, 3.63) is 47.5 Å². The second-order valence-corrected chi connectivity index (χ2v) is 11.4. The highest BCUT2D eigenvalue weighted by molar-refractivity contribution is 5.88. The molecule has 1 aromatic heterocycles. The number of piperidine rings is 1. The lowest BCUT2D eigenvalue weighted by molar-refractivity contribution is -0.147. The van der Waals surface area contributed by atoms with Crippen LogP contribution >= 0.6 is 0 Å². The van der Waals surface area contributed by atoms with Crippen LogP contribution in [0, 0.1) is 12.8 Å². The van der Waals surface area contributed by atoms with Gasteiger partial charge in [-0.2, -0.15) is 0 Å². The standard InChI is InChI=1S/C30H41F2N5O2/c1-20(2)28-34-33-21(3)37(28)26-17-24-9-10-25(18-26)35(24)16-13-27(22-7-5-4-6-8-22)36(19-38)29(39)23-11-14-30(31,32)15-12-23/h4-8,19-20,23-27H,9-18H2,1-3H3/t24?,25?,26?,27-/m0/s1/i1D3,2D3. The van der Waals surface area contributed by atoms with Crippen molar-refractivity contribution in [2.75, 3.05) is 6.54 Å². The van der Waals surface area contributed by atoms with Crippen LogP contribution in [0.3, 0.4) is 0 Å². The summed E-state index contributed by atoms with van der Waals surface area (Å²) < 4.78 is 77.0. The number of imide groups is 1. The minimum absolute atomic E-state index is 0.0323. The molecule has 3 aliphatic rings. The number of fused-ring (bicyclic) bond motifs is 2. The third-order valence-electron chi connectivity index (χ3n) is 8.99. The third-order valence-corrected chi connectivity index (χ3v) is 8.99. The average molecular weight is 548 g/mol. The highest BCUT2D eigenvalue weighted by Crippen LogP contribution is 2.43. The van der Waals surface area contributed by atoms with E-state index in [2.05, 4.69) is 15.1 Å². The van der Waals surface area contributed by atoms with E-state index in [-0.39, 0.29) is 49.6 Å². The second-order valence-electron chi connectivity index (χ2n) is 11.4. The Labute approximate surface area is 238 Å². The van der Waals surface area contributed by atoms with Crippen molar-refractivity contribution in [2.24, 2.45) is 5.92 Å². The number of carbonyl (C=O) groups is 2.